The number of Topliss-reactive ketones (excluding diaryl/α,β-unsaturated/α-hetero) is 1. The van der Waals surface area contributed by atoms with Gasteiger partial charge in [-0.25, -0.2) is 0 Å². The molecule has 0 spiro atoms. The Bertz CT molecular complexity index is 189. The summed E-state index contributed by atoms with van der Waals surface area (Å²) in [6.07, 6.45) is 0.707. The number of hydrogen-bond donors (Lipinski definition) is 2. The van der Waals surface area contributed by atoms with Crippen LogP contribution in [0.5, 0.6) is 0 Å². The molecule has 14 heavy (non-hydrogen) atoms. The van der Waals surface area contributed by atoms with Crippen molar-refractivity contribution >= 4 is 12.1 Å². The van der Waals surface area contributed by atoms with Gasteiger partial charge in [-0.3, -0.25) is 9.59 Å². The van der Waals surface area contributed by atoms with E-state index in [9.17, 15) is 14.7 Å². The molecule has 2 unspecified atom stereocenters. The van der Waals surface area contributed by atoms with Crippen molar-refractivity contribution in [3.05, 3.63) is 0 Å². The van der Waals surface area contributed by atoms with Crippen LogP contribution in [-0.2, 0) is 9.59 Å². The first-order chi connectivity index (χ1) is 6.52. The lowest BCUT2D eigenvalue weighted by Gasteiger charge is -2.15. The third-order valence-corrected chi connectivity index (χ3v) is 1.89. The van der Waals surface area contributed by atoms with Crippen molar-refractivity contribution in [2.45, 2.75) is 32.8 Å². The highest BCUT2D eigenvalue weighted by Crippen LogP contribution is 2.12. The second-order valence-electron chi connectivity index (χ2n) is 3.74. The second-order valence-corrected chi connectivity index (χ2v) is 3.74. The van der Waals surface area contributed by atoms with Crippen LogP contribution in [0.4, 0.5) is 0 Å². The zero-order chi connectivity index (χ0) is 11.1. The van der Waals surface area contributed by atoms with Crippen LogP contribution in [0.25, 0.3) is 0 Å². The first-order valence-electron chi connectivity index (χ1n) is 4.72. The Labute approximate surface area is 83.9 Å². The molecule has 0 aromatic rings. The summed E-state index contributed by atoms with van der Waals surface area (Å²) in [5.41, 5.74) is 0. The van der Waals surface area contributed by atoms with Gasteiger partial charge in [0.1, 0.15) is 11.7 Å². The quantitative estimate of drug-likeness (QED) is 0.572. The van der Waals surface area contributed by atoms with Gasteiger partial charge >= 0.3 is 0 Å². The van der Waals surface area contributed by atoms with Crippen molar-refractivity contribution in [2.24, 2.45) is 11.8 Å². The molecule has 0 aromatic heterocycles. The maximum atomic E-state index is 11.4. The number of aliphatic hydroxyl groups excluding tert-OH is 2. The number of rotatable bonds is 7. The number of hydrogen-bond acceptors (Lipinski definition) is 4. The Morgan fingerprint density at radius 3 is 2.36 bits per heavy atom. The summed E-state index contributed by atoms with van der Waals surface area (Å²) in [7, 11) is 0. The van der Waals surface area contributed by atoms with Gasteiger partial charge in [0.25, 0.3) is 0 Å². The monoisotopic (exact) mass is 201 g/mol. The van der Waals surface area contributed by atoms with Gasteiger partial charge in [-0.2, -0.15) is 0 Å². The first kappa shape index (κ1) is 13.3. The van der Waals surface area contributed by atoms with E-state index in [0.717, 1.165) is 0 Å². The summed E-state index contributed by atoms with van der Waals surface area (Å²) in [4.78, 5) is 21.9. The van der Waals surface area contributed by atoms with Crippen molar-refractivity contribution in [3.8, 4) is 0 Å². The van der Waals surface area contributed by atoms with Gasteiger partial charge in [-0.05, 0) is 12.3 Å². The molecule has 0 rings (SSSR count). The molecule has 0 saturated carbocycles. The molecule has 0 aromatic carbocycles. The fourth-order valence-corrected chi connectivity index (χ4v) is 1.19. The lowest BCUT2D eigenvalue weighted by molar-refractivity contribution is -0.124. The van der Waals surface area contributed by atoms with E-state index in [4.69, 9.17) is 5.11 Å². The van der Waals surface area contributed by atoms with E-state index in [0.29, 0.717) is 0 Å². The maximum Gasteiger partial charge on any atom is 0.212 e. The van der Waals surface area contributed by atoms with E-state index in [1.807, 2.05) is 13.8 Å². The normalized spacial score (nSPS) is 15.2. The molecule has 1 radical (unpaired) electrons. The van der Waals surface area contributed by atoms with Crippen LogP contribution >= 0.6 is 0 Å². The van der Waals surface area contributed by atoms with Gasteiger partial charge in [-0.15, -0.1) is 0 Å². The molecule has 0 fully saturated rings. The predicted molar refractivity (Wildman–Crippen MR) is 51.4 cm³/mol. The van der Waals surface area contributed by atoms with Gasteiger partial charge in [0.05, 0.1) is 6.10 Å². The molecule has 0 amide bonds. The summed E-state index contributed by atoms with van der Waals surface area (Å²) in [6.45, 7) is 3.48. The summed E-state index contributed by atoms with van der Waals surface area (Å²) < 4.78 is 0. The average Bonchev–Trinajstić information content (AvgIpc) is 2.04. The Morgan fingerprint density at radius 1 is 1.43 bits per heavy atom. The van der Waals surface area contributed by atoms with Crippen LogP contribution in [0.3, 0.4) is 0 Å². The van der Waals surface area contributed by atoms with Crippen LogP contribution in [0, 0.1) is 11.8 Å². The van der Waals surface area contributed by atoms with Gasteiger partial charge in [-0.1, -0.05) is 13.8 Å². The van der Waals surface area contributed by atoms with Crippen LogP contribution in [0.2, 0.25) is 0 Å². The Balaban J connectivity index is 4.24. The molecule has 4 nitrogen and oxygen atoms in total. The lowest BCUT2D eigenvalue weighted by atomic mass is 9.91. The Morgan fingerprint density at radius 2 is 2.00 bits per heavy atom. The molecule has 0 saturated heterocycles. The highest BCUT2D eigenvalue weighted by molar-refractivity contribution is 5.94. The van der Waals surface area contributed by atoms with Gasteiger partial charge in [0.2, 0.25) is 6.29 Å². The summed E-state index contributed by atoms with van der Waals surface area (Å²) in [5.74, 6) is -1.26. The SMILES string of the molecule is CC(C)CC(=O)C([C]=O)C(O)CCO. The minimum atomic E-state index is -1.11. The molecule has 0 aliphatic heterocycles. The third-order valence-electron chi connectivity index (χ3n) is 1.89. The van der Waals surface area contributed by atoms with E-state index in [1.165, 1.54) is 6.29 Å². The molecule has 4 heteroatoms. The molecule has 0 aliphatic rings. The minimum absolute atomic E-state index is 0.0315. The first-order valence-corrected chi connectivity index (χ1v) is 4.72. The molecule has 0 aliphatic carbocycles. The van der Waals surface area contributed by atoms with E-state index < -0.39 is 12.0 Å². The molecule has 81 valence electrons. The van der Waals surface area contributed by atoms with Crippen LogP contribution in [0.1, 0.15) is 26.7 Å². The Kier molecular flexibility index (Phi) is 6.32. The molecule has 2 N–H and O–H groups in total. The second kappa shape index (κ2) is 6.68. The summed E-state index contributed by atoms with van der Waals surface area (Å²) in [6, 6.07) is 0. The smallest absolute Gasteiger partial charge is 0.212 e. The zero-order valence-corrected chi connectivity index (χ0v) is 8.56. The van der Waals surface area contributed by atoms with Crippen molar-refractivity contribution < 1.29 is 19.8 Å². The summed E-state index contributed by atoms with van der Waals surface area (Å²) in [5, 5.41) is 17.9. The average molecular weight is 201 g/mol. The van der Waals surface area contributed by atoms with Crippen molar-refractivity contribution in [2.75, 3.05) is 6.61 Å². The van der Waals surface area contributed by atoms with Gasteiger partial charge < -0.3 is 10.2 Å². The number of aliphatic hydroxyl groups is 2. The highest BCUT2D eigenvalue weighted by Gasteiger charge is 2.26. The molecule has 0 bridgehead atoms. The summed E-state index contributed by atoms with van der Waals surface area (Å²) >= 11 is 0. The van der Waals surface area contributed by atoms with E-state index >= 15 is 0 Å². The van der Waals surface area contributed by atoms with Gasteiger partial charge in [0, 0.05) is 13.0 Å². The highest BCUT2D eigenvalue weighted by atomic mass is 16.3. The van der Waals surface area contributed by atoms with E-state index in [2.05, 4.69) is 0 Å². The van der Waals surface area contributed by atoms with Crippen LogP contribution in [0.15, 0.2) is 0 Å². The lowest BCUT2D eigenvalue weighted by Crippen LogP contribution is -2.31. The molecule has 0 heterocycles. The fourth-order valence-electron chi connectivity index (χ4n) is 1.19. The van der Waals surface area contributed by atoms with E-state index in [-0.39, 0.29) is 31.1 Å². The number of carbonyl (C=O) groups excluding carboxylic acids is 2. The minimum Gasteiger partial charge on any atom is -0.396 e. The predicted octanol–water partition coefficient (Wildman–Crippen LogP) is 0.0708. The molecule has 2 atom stereocenters. The maximum absolute atomic E-state index is 11.4. The fraction of sp³-hybridized carbons (Fsp3) is 0.800. The standard InChI is InChI=1S/C10H17O4/c1-7(2)5-10(14)8(6-12)9(13)3-4-11/h7-9,11,13H,3-5H2,1-2H3. The van der Waals surface area contributed by atoms with Crippen LogP contribution < -0.4 is 0 Å². The number of ketones is 1. The van der Waals surface area contributed by atoms with Crippen molar-refractivity contribution in [1.82, 2.24) is 0 Å². The van der Waals surface area contributed by atoms with E-state index in [1.54, 1.807) is 0 Å². The Hall–Kier alpha value is -0.740. The molecular weight excluding hydrogens is 184 g/mol. The number of carbonyl (C=O) groups is 1. The zero-order valence-electron chi connectivity index (χ0n) is 8.56. The van der Waals surface area contributed by atoms with Crippen LogP contribution in [-0.4, -0.2) is 35.0 Å². The van der Waals surface area contributed by atoms with Crippen molar-refractivity contribution in [3.63, 3.8) is 0 Å². The topological polar surface area (TPSA) is 74.6 Å². The van der Waals surface area contributed by atoms with Gasteiger partial charge in [0.15, 0.2) is 0 Å². The third kappa shape index (κ3) is 4.48. The van der Waals surface area contributed by atoms with Crippen molar-refractivity contribution in [1.29, 1.82) is 0 Å². The molecular formula is C10H17O4. The largest absolute Gasteiger partial charge is 0.396 e.